The van der Waals surface area contributed by atoms with E-state index in [2.05, 4.69) is 21.9 Å². The molecule has 4 bridgehead atoms. The lowest BCUT2D eigenvalue weighted by molar-refractivity contribution is -0.0415. The third-order valence-corrected chi connectivity index (χ3v) is 7.53. The second-order valence-electron chi connectivity index (χ2n) is 9.01. The number of hydrogen-bond donors (Lipinski definition) is 1. The quantitative estimate of drug-likeness (QED) is 0.921. The molecule has 0 amide bonds. The maximum absolute atomic E-state index is 6.02. The lowest BCUT2D eigenvalue weighted by Crippen LogP contribution is -2.50. The van der Waals surface area contributed by atoms with Gasteiger partial charge in [-0.3, -0.25) is 0 Å². The molecule has 4 aliphatic carbocycles. The smallest absolute Gasteiger partial charge is 0.100 e. The van der Waals surface area contributed by atoms with Gasteiger partial charge in [0.2, 0.25) is 0 Å². The average molecular weight is 329 g/mol. The summed E-state index contributed by atoms with van der Waals surface area (Å²) in [6, 6.07) is 0.607. The van der Waals surface area contributed by atoms with Gasteiger partial charge in [-0.2, -0.15) is 0 Å². The molecule has 0 radical (unpaired) electrons. The normalized spacial score (nSPS) is 44.1. The Labute approximate surface area is 145 Å². The molecule has 5 aliphatic rings. The molecule has 0 aromatic carbocycles. The van der Waals surface area contributed by atoms with Gasteiger partial charge in [-0.05, 0) is 81.1 Å². The van der Waals surface area contributed by atoms with Gasteiger partial charge in [-0.15, -0.1) is 0 Å². The van der Waals surface area contributed by atoms with Crippen LogP contribution in [0.3, 0.4) is 0 Å². The molecule has 5 fully saturated rings. The third-order valence-electron chi connectivity index (χ3n) is 7.53. The van der Waals surface area contributed by atoms with Gasteiger partial charge in [-0.25, -0.2) is 4.98 Å². The van der Waals surface area contributed by atoms with E-state index in [0.717, 1.165) is 49.0 Å². The Bertz CT molecular complexity index is 555. The SMILES string of the molecule is Cn1cncc1C1CC(NCC2C3CC4CC(C3)CC2C4)CCO1. The highest BCUT2D eigenvalue weighted by Crippen LogP contribution is 2.56. The minimum Gasteiger partial charge on any atom is -0.372 e. The first-order chi connectivity index (χ1) is 11.8. The highest BCUT2D eigenvalue weighted by Gasteiger charge is 2.47. The molecule has 4 heteroatoms. The molecule has 1 saturated heterocycles. The van der Waals surface area contributed by atoms with E-state index in [-0.39, 0.29) is 6.10 Å². The van der Waals surface area contributed by atoms with Crippen LogP contribution < -0.4 is 5.32 Å². The molecule has 6 rings (SSSR count). The fraction of sp³-hybridized carbons (Fsp3) is 0.850. The Hall–Kier alpha value is -0.870. The number of nitrogens with one attached hydrogen (secondary N) is 1. The zero-order valence-electron chi connectivity index (χ0n) is 14.9. The highest BCUT2D eigenvalue weighted by atomic mass is 16.5. The Morgan fingerprint density at radius 1 is 1.12 bits per heavy atom. The number of rotatable bonds is 4. The minimum atomic E-state index is 0.210. The third kappa shape index (κ3) is 2.72. The molecule has 2 heterocycles. The lowest BCUT2D eigenvalue weighted by atomic mass is 9.52. The van der Waals surface area contributed by atoms with Gasteiger partial charge in [0.05, 0.1) is 18.2 Å². The minimum absolute atomic E-state index is 0.210. The summed E-state index contributed by atoms with van der Waals surface area (Å²) in [4.78, 5) is 4.25. The van der Waals surface area contributed by atoms with Crippen molar-refractivity contribution >= 4 is 0 Å². The molecule has 2 unspecified atom stereocenters. The Balaban J connectivity index is 1.19. The molecule has 24 heavy (non-hydrogen) atoms. The van der Waals surface area contributed by atoms with E-state index in [1.807, 2.05) is 12.5 Å². The molecular weight excluding hydrogens is 298 g/mol. The molecule has 0 spiro atoms. The second kappa shape index (κ2) is 6.14. The molecule has 4 nitrogen and oxygen atoms in total. The van der Waals surface area contributed by atoms with Gasteiger partial charge >= 0.3 is 0 Å². The van der Waals surface area contributed by atoms with Crippen molar-refractivity contribution in [1.82, 2.24) is 14.9 Å². The van der Waals surface area contributed by atoms with Crippen LogP contribution in [0.4, 0.5) is 0 Å². The summed E-state index contributed by atoms with van der Waals surface area (Å²) in [7, 11) is 2.07. The van der Waals surface area contributed by atoms with Crippen molar-refractivity contribution in [2.24, 2.45) is 36.6 Å². The van der Waals surface area contributed by atoms with Crippen LogP contribution >= 0.6 is 0 Å². The lowest BCUT2D eigenvalue weighted by Gasteiger charge is -2.54. The number of hydrogen-bond acceptors (Lipinski definition) is 3. The van der Waals surface area contributed by atoms with E-state index in [0.29, 0.717) is 6.04 Å². The summed E-state index contributed by atoms with van der Waals surface area (Å²) in [5.41, 5.74) is 1.22. The van der Waals surface area contributed by atoms with E-state index >= 15 is 0 Å². The Kier molecular flexibility index (Phi) is 3.93. The standard InChI is InChI=1S/C20H31N3O/c1-23-12-21-11-19(23)20-9-17(2-3-24-20)22-10-18-15-5-13-4-14(7-15)8-16(18)6-13/h11-18,20,22H,2-10H2,1H3. The van der Waals surface area contributed by atoms with Crippen LogP contribution in [0.15, 0.2) is 12.5 Å². The van der Waals surface area contributed by atoms with Crippen LogP contribution in [-0.4, -0.2) is 28.7 Å². The average Bonchev–Trinajstić information content (AvgIpc) is 3.00. The monoisotopic (exact) mass is 329 g/mol. The van der Waals surface area contributed by atoms with Crippen LogP contribution in [0.5, 0.6) is 0 Å². The van der Waals surface area contributed by atoms with E-state index in [4.69, 9.17) is 4.74 Å². The summed E-state index contributed by atoms with van der Waals surface area (Å²) < 4.78 is 8.12. The first-order valence-electron chi connectivity index (χ1n) is 10.1. The molecule has 1 aromatic heterocycles. The first kappa shape index (κ1) is 15.4. The van der Waals surface area contributed by atoms with Gasteiger partial charge in [0.25, 0.3) is 0 Å². The molecular formula is C20H31N3O. The molecule has 1 aromatic rings. The predicted molar refractivity (Wildman–Crippen MR) is 93.5 cm³/mol. The Morgan fingerprint density at radius 3 is 2.54 bits per heavy atom. The Morgan fingerprint density at radius 2 is 1.88 bits per heavy atom. The van der Waals surface area contributed by atoms with Crippen LogP contribution in [0, 0.1) is 29.6 Å². The number of imidazole rings is 1. The molecule has 132 valence electrons. The zero-order valence-corrected chi connectivity index (χ0v) is 14.9. The van der Waals surface area contributed by atoms with Gasteiger partial charge in [0, 0.05) is 19.7 Å². The highest BCUT2D eigenvalue weighted by molar-refractivity contribution is 5.05. The number of aryl methyl sites for hydroxylation is 1. The first-order valence-corrected chi connectivity index (χ1v) is 10.1. The number of nitrogens with zero attached hydrogens (tertiary/aromatic N) is 2. The molecule has 1 N–H and O–H groups in total. The van der Waals surface area contributed by atoms with Gasteiger partial charge in [-0.1, -0.05) is 0 Å². The van der Waals surface area contributed by atoms with Crippen molar-refractivity contribution < 1.29 is 4.74 Å². The number of aromatic nitrogens is 2. The van der Waals surface area contributed by atoms with Crippen molar-refractivity contribution in [1.29, 1.82) is 0 Å². The van der Waals surface area contributed by atoms with Crippen molar-refractivity contribution in [2.75, 3.05) is 13.2 Å². The molecule has 2 atom stereocenters. The van der Waals surface area contributed by atoms with Crippen molar-refractivity contribution in [3.8, 4) is 0 Å². The second-order valence-corrected chi connectivity index (χ2v) is 9.01. The largest absolute Gasteiger partial charge is 0.372 e. The van der Waals surface area contributed by atoms with E-state index in [1.165, 1.54) is 37.9 Å². The van der Waals surface area contributed by atoms with Gasteiger partial charge < -0.3 is 14.6 Å². The summed E-state index contributed by atoms with van der Waals surface area (Å²) >= 11 is 0. The van der Waals surface area contributed by atoms with Gasteiger partial charge in [0.15, 0.2) is 0 Å². The fourth-order valence-corrected chi connectivity index (χ4v) is 6.54. The van der Waals surface area contributed by atoms with Crippen molar-refractivity contribution in [3.63, 3.8) is 0 Å². The van der Waals surface area contributed by atoms with E-state index in [1.54, 1.807) is 6.42 Å². The van der Waals surface area contributed by atoms with E-state index < -0.39 is 0 Å². The van der Waals surface area contributed by atoms with Gasteiger partial charge in [0.1, 0.15) is 6.10 Å². The maximum atomic E-state index is 6.02. The van der Waals surface area contributed by atoms with E-state index in [9.17, 15) is 0 Å². The summed E-state index contributed by atoms with van der Waals surface area (Å²) in [6.07, 6.45) is 14.0. The van der Waals surface area contributed by atoms with Crippen LogP contribution in [0.2, 0.25) is 0 Å². The maximum Gasteiger partial charge on any atom is 0.100 e. The fourth-order valence-electron chi connectivity index (χ4n) is 6.54. The number of ether oxygens (including phenoxy) is 1. The molecule has 1 aliphatic heterocycles. The summed E-state index contributed by atoms with van der Waals surface area (Å²) in [6.45, 7) is 2.12. The van der Waals surface area contributed by atoms with Crippen LogP contribution in [0.1, 0.15) is 56.7 Å². The molecule has 4 saturated carbocycles. The topological polar surface area (TPSA) is 39.1 Å². The van der Waals surface area contributed by atoms with Crippen molar-refractivity contribution in [2.45, 2.75) is 57.1 Å². The summed E-state index contributed by atoms with van der Waals surface area (Å²) in [5, 5.41) is 3.95. The van der Waals surface area contributed by atoms with Crippen molar-refractivity contribution in [3.05, 3.63) is 18.2 Å². The predicted octanol–water partition coefficient (Wildman–Crippen LogP) is 3.30. The van der Waals surface area contributed by atoms with Crippen LogP contribution in [0.25, 0.3) is 0 Å². The zero-order chi connectivity index (χ0) is 16.1. The van der Waals surface area contributed by atoms with Crippen LogP contribution in [-0.2, 0) is 11.8 Å². The summed E-state index contributed by atoms with van der Waals surface area (Å²) in [5.74, 6) is 5.18.